The van der Waals surface area contributed by atoms with Gasteiger partial charge in [-0.25, -0.2) is 5.48 Å². The third-order valence-electron chi connectivity index (χ3n) is 3.43. The average Bonchev–Trinajstić information content (AvgIpc) is 2.64. The maximum absolute atomic E-state index is 10.0. The molecule has 0 aliphatic rings. The lowest BCUT2D eigenvalue weighted by Crippen LogP contribution is -2.07. The van der Waals surface area contributed by atoms with Crippen LogP contribution in [0.3, 0.4) is 0 Å². The zero-order valence-electron chi connectivity index (χ0n) is 17.4. The zero-order valence-corrected chi connectivity index (χ0v) is 17.4. The van der Waals surface area contributed by atoms with Crippen LogP contribution in [0, 0.1) is 13.8 Å². The summed E-state index contributed by atoms with van der Waals surface area (Å²) >= 11 is 0. The number of phenols is 1. The third kappa shape index (κ3) is 7.64. The molecule has 0 bridgehead atoms. The molecule has 2 rings (SSSR count). The van der Waals surface area contributed by atoms with Crippen LogP contribution in [-0.2, 0) is 0 Å². The van der Waals surface area contributed by atoms with Crippen LogP contribution in [-0.4, -0.2) is 5.11 Å². The van der Waals surface area contributed by atoms with Crippen molar-refractivity contribution in [2.24, 2.45) is 0 Å². The van der Waals surface area contributed by atoms with Gasteiger partial charge in [0.2, 0.25) is 0 Å². The minimum atomic E-state index is 0.165. The summed E-state index contributed by atoms with van der Waals surface area (Å²) in [6.45, 7) is 14.4. The molecule has 0 saturated carbocycles. The van der Waals surface area contributed by atoms with Crippen molar-refractivity contribution in [2.75, 3.05) is 5.48 Å². The zero-order chi connectivity index (χ0) is 19.9. The monoisotopic (exact) mass is 357 g/mol. The van der Waals surface area contributed by atoms with E-state index in [4.69, 9.17) is 4.84 Å². The van der Waals surface area contributed by atoms with Gasteiger partial charge in [0.25, 0.3) is 0 Å². The van der Waals surface area contributed by atoms with E-state index in [9.17, 15) is 5.11 Å². The summed E-state index contributed by atoms with van der Waals surface area (Å²) in [5.74, 6) is 0.919. The standard InChI is InChI=1S/C18H21NO2.C3H8.C2H6/c1-4-5-9-15-10-7-11-16(20)18(15)19-21-17-12-6-8-13(2)14(17)3;1-3-2;1-2/h5-12,19-20H,4H2,1-3H3;3H2,1-2H3;1-2H3/b9-5-;;. The van der Waals surface area contributed by atoms with Gasteiger partial charge in [0.1, 0.15) is 11.4 Å². The summed E-state index contributed by atoms with van der Waals surface area (Å²) in [5.41, 5.74) is 6.58. The molecule has 0 radical (unpaired) electrons. The molecule has 0 spiro atoms. The normalized spacial score (nSPS) is 9.65. The van der Waals surface area contributed by atoms with Gasteiger partial charge in [-0.1, -0.05) is 77.5 Å². The molecule has 2 aromatic carbocycles. The first kappa shape index (κ1) is 23.6. The number of nitrogens with one attached hydrogen (secondary N) is 1. The second-order valence-electron chi connectivity index (χ2n) is 5.66. The Morgan fingerprint density at radius 2 is 1.62 bits per heavy atom. The lowest BCUT2D eigenvalue weighted by Gasteiger charge is -2.14. The van der Waals surface area contributed by atoms with Crippen molar-refractivity contribution in [2.45, 2.75) is 61.3 Å². The number of aryl methyl sites for hydroxylation is 1. The molecular formula is C23H35NO2. The van der Waals surface area contributed by atoms with Crippen LogP contribution in [0.15, 0.2) is 42.5 Å². The van der Waals surface area contributed by atoms with E-state index in [-0.39, 0.29) is 5.75 Å². The van der Waals surface area contributed by atoms with E-state index in [0.717, 1.165) is 28.9 Å². The predicted octanol–water partition coefficient (Wildman–Crippen LogP) is 7.28. The number of hydrogen-bond donors (Lipinski definition) is 2. The Labute approximate surface area is 159 Å². The summed E-state index contributed by atoms with van der Waals surface area (Å²) in [6, 6.07) is 11.3. The minimum Gasteiger partial charge on any atom is -0.506 e. The highest BCUT2D eigenvalue weighted by Crippen LogP contribution is 2.29. The van der Waals surface area contributed by atoms with E-state index in [2.05, 4.69) is 26.3 Å². The van der Waals surface area contributed by atoms with Crippen molar-refractivity contribution in [3.63, 3.8) is 0 Å². The molecule has 2 N–H and O–H groups in total. The van der Waals surface area contributed by atoms with Gasteiger partial charge >= 0.3 is 0 Å². The molecule has 0 aromatic heterocycles. The van der Waals surface area contributed by atoms with Gasteiger partial charge in [0.15, 0.2) is 5.75 Å². The second kappa shape index (κ2) is 13.8. The predicted molar refractivity (Wildman–Crippen MR) is 115 cm³/mol. The van der Waals surface area contributed by atoms with Crippen LogP contribution < -0.4 is 10.3 Å². The summed E-state index contributed by atoms with van der Waals surface area (Å²) in [7, 11) is 0. The summed E-state index contributed by atoms with van der Waals surface area (Å²) in [5, 5.41) is 10.0. The highest BCUT2D eigenvalue weighted by Gasteiger charge is 2.08. The van der Waals surface area contributed by atoms with Gasteiger partial charge in [-0.15, -0.1) is 0 Å². The van der Waals surface area contributed by atoms with Gasteiger partial charge in [-0.2, -0.15) is 0 Å². The van der Waals surface area contributed by atoms with Crippen molar-refractivity contribution < 1.29 is 9.94 Å². The second-order valence-corrected chi connectivity index (χ2v) is 5.66. The van der Waals surface area contributed by atoms with E-state index >= 15 is 0 Å². The van der Waals surface area contributed by atoms with Crippen molar-refractivity contribution in [1.29, 1.82) is 0 Å². The smallest absolute Gasteiger partial charge is 0.158 e. The van der Waals surface area contributed by atoms with E-state index in [1.54, 1.807) is 6.07 Å². The molecule has 3 heteroatoms. The molecule has 144 valence electrons. The summed E-state index contributed by atoms with van der Waals surface area (Å²) in [6.07, 6.45) is 6.19. The van der Waals surface area contributed by atoms with Crippen molar-refractivity contribution in [1.82, 2.24) is 0 Å². The molecule has 0 amide bonds. The Kier molecular flexibility index (Phi) is 12.5. The largest absolute Gasteiger partial charge is 0.506 e. The van der Waals surface area contributed by atoms with Crippen LogP contribution in [0.1, 0.15) is 64.2 Å². The topological polar surface area (TPSA) is 41.5 Å². The molecule has 2 aromatic rings. The van der Waals surface area contributed by atoms with E-state index in [1.165, 1.54) is 6.42 Å². The molecular weight excluding hydrogens is 322 g/mol. The Hall–Kier alpha value is -2.42. The van der Waals surface area contributed by atoms with E-state index in [0.29, 0.717) is 5.69 Å². The molecule has 0 fully saturated rings. The van der Waals surface area contributed by atoms with Crippen LogP contribution in [0.4, 0.5) is 5.69 Å². The lowest BCUT2D eigenvalue weighted by atomic mass is 10.1. The first-order valence-electron chi connectivity index (χ1n) is 9.52. The number of benzene rings is 2. The van der Waals surface area contributed by atoms with Crippen LogP contribution in [0.5, 0.6) is 11.5 Å². The Morgan fingerprint density at radius 3 is 2.23 bits per heavy atom. The minimum absolute atomic E-state index is 0.165. The molecule has 0 heterocycles. The van der Waals surface area contributed by atoms with Crippen molar-refractivity contribution in [3.8, 4) is 11.5 Å². The van der Waals surface area contributed by atoms with Crippen LogP contribution in [0.25, 0.3) is 6.08 Å². The number of hydrogen-bond acceptors (Lipinski definition) is 3. The number of para-hydroxylation sites is 1. The van der Waals surface area contributed by atoms with Gasteiger partial charge in [-0.05, 0) is 43.5 Å². The highest BCUT2D eigenvalue weighted by atomic mass is 16.6. The van der Waals surface area contributed by atoms with E-state index < -0.39 is 0 Å². The van der Waals surface area contributed by atoms with Gasteiger partial charge in [0, 0.05) is 5.56 Å². The molecule has 0 aliphatic heterocycles. The molecule has 0 atom stereocenters. The molecule has 0 aliphatic carbocycles. The van der Waals surface area contributed by atoms with Gasteiger partial charge in [0.05, 0.1) is 0 Å². The first-order chi connectivity index (χ1) is 12.5. The lowest BCUT2D eigenvalue weighted by molar-refractivity contribution is 0.393. The fourth-order valence-corrected chi connectivity index (χ4v) is 1.99. The fourth-order valence-electron chi connectivity index (χ4n) is 1.99. The molecule has 3 nitrogen and oxygen atoms in total. The highest BCUT2D eigenvalue weighted by molar-refractivity contribution is 5.71. The number of allylic oxidation sites excluding steroid dienone is 1. The Bertz CT molecular complexity index is 663. The summed E-state index contributed by atoms with van der Waals surface area (Å²) in [4.78, 5) is 5.66. The molecule has 0 unspecified atom stereocenters. The van der Waals surface area contributed by atoms with E-state index in [1.807, 2.05) is 70.2 Å². The number of aromatic hydroxyl groups is 1. The van der Waals surface area contributed by atoms with Crippen molar-refractivity contribution in [3.05, 3.63) is 59.2 Å². The molecule has 0 saturated heterocycles. The van der Waals surface area contributed by atoms with Crippen LogP contribution in [0.2, 0.25) is 0 Å². The Morgan fingerprint density at radius 1 is 1.00 bits per heavy atom. The van der Waals surface area contributed by atoms with Gasteiger partial charge < -0.3 is 9.94 Å². The number of rotatable bonds is 5. The quantitative estimate of drug-likeness (QED) is 0.436. The third-order valence-corrected chi connectivity index (χ3v) is 3.43. The van der Waals surface area contributed by atoms with Gasteiger partial charge in [-0.3, -0.25) is 0 Å². The summed E-state index contributed by atoms with van der Waals surface area (Å²) < 4.78 is 0. The first-order valence-corrected chi connectivity index (χ1v) is 9.52. The maximum atomic E-state index is 10.0. The molecule has 26 heavy (non-hydrogen) atoms. The Balaban J connectivity index is 0.00000113. The average molecular weight is 358 g/mol. The number of anilines is 1. The SMILES string of the molecule is CC.CC/C=C\c1cccc(O)c1NOc1cccc(C)c1C.CCC. The maximum Gasteiger partial charge on any atom is 0.158 e. The van der Waals surface area contributed by atoms with Crippen molar-refractivity contribution >= 4 is 11.8 Å². The van der Waals surface area contributed by atoms with Crippen LogP contribution >= 0.6 is 0 Å². The fraction of sp³-hybridized carbons (Fsp3) is 0.391. The number of phenolic OH excluding ortho intramolecular Hbond substituents is 1.